The molecule has 0 saturated heterocycles. The lowest BCUT2D eigenvalue weighted by Crippen LogP contribution is -2.30. The van der Waals surface area contributed by atoms with E-state index in [-0.39, 0.29) is 30.5 Å². The van der Waals surface area contributed by atoms with Crippen molar-refractivity contribution in [2.75, 3.05) is 6.54 Å². The average molecular weight is 469 g/mol. The minimum absolute atomic E-state index is 0.101. The molecule has 0 aliphatic heterocycles. The standard InChI is InChI=1S/C25H19F4N3O2/c26-18-8-10-19(11-9-18)32-22(31-21-7-2-1-6-20(21)24(32)34)12-13-30-23(33)15-16-4-3-5-17(14-16)25(27,28)29/h1-11,14H,12-13,15H2,(H,30,33). The van der Waals surface area contributed by atoms with Gasteiger partial charge in [0.15, 0.2) is 0 Å². The number of fused-ring (bicyclic) bond motifs is 1. The van der Waals surface area contributed by atoms with Gasteiger partial charge in [0.2, 0.25) is 5.91 Å². The maximum Gasteiger partial charge on any atom is 0.416 e. The minimum Gasteiger partial charge on any atom is -0.355 e. The summed E-state index contributed by atoms with van der Waals surface area (Å²) in [6.07, 6.45) is -4.54. The Bertz CT molecular complexity index is 1400. The number of rotatable bonds is 6. The van der Waals surface area contributed by atoms with Gasteiger partial charge in [0.1, 0.15) is 11.6 Å². The second-order valence-corrected chi connectivity index (χ2v) is 7.64. The lowest BCUT2D eigenvalue weighted by Gasteiger charge is -2.14. The van der Waals surface area contributed by atoms with Gasteiger partial charge < -0.3 is 5.32 Å². The van der Waals surface area contributed by atoms with E-state index in [0.29, 0.717) is 22.4 Å². The van der Waals surface area contributed by atoms with E-state index in [0.717, 1.165) is 12.1 Å². The monoisotopic (exact) mass is 469 g/mol. The number of para-hydroxylation sites is 1. The van der Waals surface area contributed by atoms with E-state index in [4.69, 9.17) is 0 Å². The van der Waals surface area contributed by atoms with Crippen LogP contribution in [0.1, 0.15) is 17.0 Å². The Balaban J connectivity index is 1.53. The van der Waals surface area contributed by atoms with Crippen LogP contribution in [0.3, 0.4) is 0 Å². The summed E-state index contributed by atoms with van der Waals surface area (Å²) < 4.78 is 53.4. The highest BCUT2D eigenvalue weighted by atomic mass is 19.4. The van der Waals surface area contributed by atoms with Crippen LogP contribution in [0, 0.1) is 5.82 Å². The van der Waals surface area contributed by atoms with Crippen LogP contribution in [0.5, 0.6) is 0 Å². The van der Waals surface area contributed by atoms with E-state index in [9.17, 15) is 27.2 Å². The van der Waals surface area contributed by atoms with E-state index in [1.54, 1.807) is 24.3 Å². The van der Waals surface area contributed by atoms with Gasteiger partial charge in [-0.3, -0.25) is 14.2 Å². The minimum atomic E-state index is -4.49. The van der Waals surface area contributed by atoms with Crippen molar-refractivity contribution in [3.63, 3.8) is 0 Å². The summed E-state index contributed by atoms with van der Waals surface area (Å²) in [6, 6.07) is 16.8. The molecule has 1 heterocycles. The van der Waals surface area contributed by atoms with E-state index >= 15 is 0 Å². The number of halogens is 4. The summed E-state index contributed by atoms with van der Waals surface area (Å²) in [5.74, 6) is -0.556. The Kier molecular flexibility index (Phi) is 6.45. The smallest absolute Gasteiger partial charge is 0.355 e. The summed E-state index contributed by atoms with van der Waals surface area (Å²) in [4.78, 5) is 30.0. The SMILES string of the molecule is O=C(Cc1cccc(C(F)(F)F)c1)NCCc1nc2ccccc2c(=O)n1-c1ccc(F)cc1. The molecule has 0 unspecified atom stereocenters. The molecular formula is C25H19F4N3O2. The van der Waals surface area contributed by atoms with Crippen molar-refractivity contribution in [3.8, 4) is 5.69 Å². The van der Waals surface area contributed by atoms with Crippen molar-refractivity contribution in [3.05, 3.63) is 106 Å². The molecule has 0 aliphatic rings. The van der Waals surface area contributed by atoms with Gasteiger partial charge >= 0.3 is 6.18 Å². The third-order valence-corrected chi connectivity index (χ3v) is 5.22. The zero-order valence-corrected chi connectivity index (χ0v) is 17.8. The molecule has 4 aromatic rings. The summed E-state index contributed by atoms with van der Waals surface area (Å²) >= 11 is 0. The maximum atomic E-state index is 13.4. The third-order valence-electron chi connectivity index (χ3n) is 5.22. The number of alkyl halides is 3. The van der Waals surface area contributed by atoms with Crippen LogP contribution in [0.25, 0.3) is 16.6 Å². The fourth-order valence-corrected chi connectivity index (χ4v) is 3.62. The Labute approximate surface area is 191 Å². The van der Waals surface area contributed by atoms with Gasteiger partial charge in [-0.2, -0.15) is 13.2 Å². The second-order valence-electron chi connectivity index (χ2n) is 7.64. The zero-order valence-electron chi connectivity index (χ0n) is 17.8. The van der Waals surface area contributed by atoms with E-state index < -0.39 is 23.5 Å². The van der Waals surface area contributed by atoms with E-state index in [1.807, 2.05) is 0 Å². The molecule has 0 fully saturated rings. The lowest BCUT2D eigenvalue weighted by molar-refractivity contribution is -0.137. The Morgan fingerprint density at radius 1 is 0.971 bits per heavy atom. The number of amides is 1. The summed E-state index contributed by atoms with van der Waals surface area (Å²) in [7, 11) is 0. The van der Waals surface area contributed by atoms with Crippen molar-refractivity contribution in [1.29, 1.82) is 0 Å². The molecule has 3 aromatic carbocycles. The fraction of sp³-hybridized carbons (Fsp3) is 0.160. The summed E-state index contributed by atoms with van der Waals surface area (Å²) in [6.45, 7) is 0.101. The molecule has 174 valence electrons. The van der Waals surface area contributed by atoms with E-state index in [1.165, 1.54) is 41.0 Å². The molecule has 5 nitrogen and oxygen atoms in total. The lowest BCUT2D eigenvalue weighted by atomic mass is 10.1. The molecule has 4 rings (SSSR count). The molecular weight excluding hydrogens is 450 g/mol. The highest BCUT2D eigenvalue weighted by Gasteiger charge is 2.30. The maximum absolute atomic E-state index is 13.4. The number of benzene rings is 3. The molecule has 1 amide bonds. The zero-order chi connectivity index (χ0) is 24.3. The molecule has 34 heavy (non-hydrogen) atoms. The fourth-order valence-electron chi connectivity index (χ4n) is 3.62. The Morgan fingerprint density at radius 2 is 1.71 bits per heavy atom. The first kappa shape index (κ1) is 23.2. The molecule has 0 saturated carbocycles. The number of nitrogens with one attached hydrogen (secondary N) is 1. The molecule has 0 aliphatic carbocycles. The van der Waals surface area contributed by atoms with Crippen LogP contribution in [0.4, 0.5) is 17.6 Å². The van der Waals surface area contributed by atoms with Gasteiger partial charge in [-0.25, -0.2) is 9.37 Å². The van der Waals surface area contributed by atoms with Gasteiger partial charge in [-0.05, 0) is 48.0 Å². The molecule has 1 N–H and O–H groups in total. The highest BCUT2D eigenvalue weighted by Crippen LogP contribution is 2.29. The Hall–Kier alpha value is -4.01. The van der Waals surface area contributed by atoms with Gasteiger partial charge in [-0.15, -0.1) is 0 Å². The first-order valence-corrected chi connectivity index (χ1v) is 10.4. The van der Waals surface area contributed by atoms with Crippen molar-refractivity contribution < 1.29 is 22.4 Å². The molecule has 0 bridgehead atoms. The van der Waals surface area contributed by atoms with Crippen molar-refractivity contribution in [2.24, 2.45) is 0 Å². The molecule has 0 atom stereocenters. The predicted octanol–water partition coefficient (Wildman–Crippen LogP) is 4.45. The average Bonchev–Trinajstić information content (AvgIpc) is 2.80. The normalized spacial score (nSPS) is 11.5. The number of hydrogen-bond acceptors (Lipinski definition) is 3. The van der Waals surface area contributed by atoms with Crippen LogP contribution in [-0.4, -0.2) is 22.0 Å². The third kappa shape index (κ3) is 5.14. The van der Waals surface area contributed by atoms with Crippen molar-refractivity contribution >= 4 is 16.8 Å². The number of aromatic nitrogens is 2. The quantitative estimate of drug-likeness (QED) is 0.425. The van der Waals surface area contributed by atoms with Crippen LogP contribution in [0.15, 0.2) is 77.6 Å². The Morgan fingerprint density at radius 3 is 2.44 bits per heavy atom. The van der Waals surface area contributed by atoms with E-state index in [2.05, 4.69) is 10.3 Å². The number of hydrogen-bond donors (Lipinski definition) is 1. The predicted molar refractivity (Wildman–Crippen MR) is 119 cm³/mol. The molecule has 9 heteroatoms. The van der Waals surface area contributed by atoms with Gasteiger partial charge in [0, 0.05) is 13.0 Å². The first-order valence-electron chi connectivity index (χ1n) is 10.4. The summed E-state index contributed by atoms with van der Waals surface area (Å²) in [5, 5.41) is 3.05. The van der Waals surface area contributed by atoms with Gasteiger partial charge in [-0.1, -0.05) is 30.3 Å². The van der Waals surface area contributed by atoms with Gasteiger partial charge in [0.05, 0.1) is 28.6 Å². The highest BCUT2D eigenvalue weighted by molar-refractivity contribution is 5.79. The van der Waals surface area contributed by atoms with Crippen LogP contribution in [0.2, 0.25) is 0 Å². The molecule has 0 spiro atoms. The molecule has 1 aromatic heterocycles. The van der Waals surface area contributed by atoms with Crippen LogP contribution >= 0.6 is 0 Å². The topological polar surface area (TPSA) is 64.0 Å². The second kappa shape index (κ2) is 9.46. The largest absolute Gasteiger partial charge is 0.416 e. The van der Waals surface area contributed by atoms with Crippen LogP contribution in [-0.2, 0) is 23.8 Å². The number of carbonyl (C=O) groups excluding carboxylic acids is 1. The van der Waals surface area contributed by atoms with Crippen molar-refractivity contribution in [2.45, 2.75) is 19.0 Å². The van der Waals surface area contributed by atoms with Gasteiger partial charge in [0.25, 0.3) is 5.56 Å². The number of carbonyl (C=O) groups is 1. The number of nitrogens with zero attached hydrogens (tertiary/aromatic N) is 2. The first-order chi connectivity index (χ1) is 16.2. The van der Waals surface area contributed by atoms with Crippen LogP contribution < -0.4 is 10.9 Å². The van der Waals surface area contributed by atoms with Crippen molar-refractivity contribution in [1.82, 2.24) is 14.9 Å². The molecule has 0 radical (unpaired) electrons. The summed E-state index contributed by atoms with van der Waals surface area (Å²) in [5.41, 5.74) is -0.00514.